The molecule has 0 bridgehead atoms. The molecule has 5 rings (SSSR count). The molecule has 2 aliphatic heterocycles. The van der Waals surface area contributed by atoms with Gasteiger partial charge in [-0.2, -0.15) is 4.31 Å². The summed E-state index contributed by atoms with van der Waals surface area (Å²) in [6.07, 6.45) is 6.70. The second-order valence-corrected chi connectivity index (χ2v) is 10.2. The van der Waals surface area contributed by atoms with Gasteiger partial charge in [0.05, 0.1) is 30.1 Å². The minimum absolute atomic E-state index is 0.00412. The molecule has 2 aromatic rings. The van der Waals surface area contributed by atoms with Crippen LogP contribution in [-0.2, 0) is 10.0 Å². The molecule has 0 N–H and O–H groups in total. The molecule has 2 saturated heterocycles. The molecular formula is C21H26N4O4S. The third-order valence-electron chi connectivity index (χ3n) is 6.15. The standard InChI is InChI=1S/C21H26N4O4S/c1-28-17-3-2-4-19(10-17)30(26,27)25-8-7-24-14-18(9-16(24)13-25)29-21-12-22-20(11-23-21)15-5-6-15/h2-4,10-12,15-16,18H,5-9,13-14H2,1H3/t16-,18+/m0/s1. The molecule has 3 fully saturated rings. The summed E-state index contributed by atoms with van der Waals surface area (Å²) < 4.78 is 39.0. The number of hydrogen-bond acceptors (Lipinski definition) is 7. The van der Waals surface area contributed by atoms with Crippen molar-refractivity contribution in [2.75, 3.05) is 33.3 Å². The molecule has 1 aliphatic carbocycles. The van der Waals surface area contributed by atoms with E-state index in [-0.39, 0.29) is 17.0 Å². The molecule has 3 heterocycles. The first kappa shape index (κ1) is 19.7. The highest BCUT2D eigenvalue weighted by Gasteiger charge is 2.41. The monoisotopic (exact) mass is 430 g/mol. The number of rotatable bonds is 6. The Morgan fingerprint density at radius 1 is 1.10 bits per heavy atom. The van der Waals surface area contributed by atoms with E-state index in [2.05, 4.69) is 14.9 Å². The van der Waals surface area contributed by atoms with Crippen LogP contribution in [0.3, 0.4) is 0 Å². The van der Waals surface area contributed by atoms with Crippen molar-refractivity contribution >= 4 is 10.0 Å². The molecule has 30 heavy (non-hydrogen) atoms. The zero-order valence-electron chi connectivity index (χ0n) is 17.0. The van der Waals surface area contributed by atoms with Gasteiger partial charge in [-0.25, -0.2) is 13.4 Å². The van der Waals surface area contributed by atoms with Gasteiger partial charge >= 0.3 is 0 Å². The summed E-state index contributed by atoms with van der Waals surface area (Å²) in [7, 11) is -2.02. The van der Waals surface area contributed by atoms with Crippen molar-refractivity contribution in [1.82, 2.24) is 19.2 Å². The molecule has 0 unspecified atom stereocenters. The maximum atomic E-state index is 13.1. The normalized spacial score (nSPS) is 25.1. The van der Waals surface area contributed by atoms with E-state index in [0.717, 1.165) is 18.7 Å². The molecule has 3 aliphatic rings. The first-order chi connectivity index (χ1) is 14.5. The SMILES string of the molecule is COc1cccc(S(=O)(=O)N2CCN3C[C@H](Oc4cnc(C5CC5)cn4)C[C@H]3C2)c1. The van der Waals surface area contributed by atoms with Crippen LogP contribution in [0.25, 0.3) is 0 Å². The van der Waals surface area contributed by atoms with Crippen molar-refractivity contribution in [1.29, 1.82) is 0 Å². The highest BCUT2D eigenvalue weighted by atomic mass is 32.2. The molecule has 1 saturated carbocycles. The first-order valence-corrected chi connectivity index (χ1v) is 11.8. The van der Waals surface area contributed by atoms with Crippen molar-refractivity contribution in [3.8, 4) is 11.6 Å². The van der Waals surface area contributed by atoms with Crippen LogP contribution in [0.5, 0.6) is 11.6 Å². The Morgan fingerprint density at radius 2 is 1.97 bits per heavy atom. The van der Waals surface area contributed by atoms with E-state index in [1.54, 1.807) is 34.8 Å². The molecule has 1 aromatic heterocycles. The smallest absolute Gasteiger partial charge is 0.243 e. The molecule has 9 heteroatoms. The van der Waals surface area contributed by atoms with Crippen molar-refractivity contribution < 1.29 is 17.9 Å². The molecule has 2 atom stereocenters. The van der Waals surface area contributed by atoms with Crippen molar-refractivity contribution in [2.45, 2.75) is 42.2 Å². The lowest BCUT2D eigenvalue weighted by Gasteiger charge is -2.36. The molecule has 0 amide bonds. The number of ether oxygens (including phenoxy) is 2. The van der Waals surface area contributed by atoms with Gasteiger partial charge in [0, 0.05) is 50.6 Å². The van der Waals surface area contributed by atoms with E-state index >= 15 is 0 Å². The summed E-state index contributed by atoms with van der Waals surface area (Å²) in [4.78, 5) is 11.5. The number of piperazine rings is 1. The van der Waals surface area contributed by atoms with Crippen LogP contribution >= 0.6 is 0 Å². The third kappa shape index (κ3) is 3.89. The van der Waals surface area contributed by atoms with E-state index in [1.807, 2.05) is 6.20 Å². The zero-order valence-corrected chi connectivity index (χ0v) is 17.8. The van der Waals surface area contributed by atoms with Crippen LogP contribution in [0.2, 0.25) is 0 Å². The average Bonchev–Trinajstić information content (AvgIpc) is 3.53. The molecule has 1 aromatic carbocycles. The topological polar surface area (TPSA) is 84.9 Å². The van der Waals surface area contributed by atoms with E-state index in [1.165, 1.54) is 20.0 Å². The quantitative estimate of drug-likeness (QED) is 0.692. The maximum Gasteiger partial charge on any atom is 0.243 e. The van der Waals surface area contributed by atoms with E-state index in [0.29, 0.717) is 37.2 Å². The minimum Gasteiger partial charge on any atom is -0.497 e. The van der Waals surface area contributed by atoms with Gasteiger partial charge in [-0.05, 0) is 25.0 Å². The summed E-state index contributed by atoms with van der Waals surface area (Å²) in [6.45, 7) is 2.41. The summed E-state index contributed by atoms with van der Waals surface area (Å²) in [5.74, 6) is 1.66. The Balaban J connectivity index is 1.23. The van der Waals surface area contributed by atoms with Crippen LogP contribution < -0.4 is 9.47 Å². The van der Waals surface area contributed by atoms with Gasteiger partial charge in [-0.3, -0.25) is 9.88 Å². The van der Waals surface area contributed by atoms with Crippen molar-refractivity contribution in [3.63, 3.8) is 0 Å². The second kappa shape index (κ2) is 7.79. The minimum atomic E-state index is -3.55. The number of benzene rings is 1. The summed E-state index contributed by atoms with van der Waals surface area (Å²) in [5, 5.41) is 0. The fraction of sp³-hybridized carbons (Fsp3) is 0.524. The van der Waals surface area contributed by atoms with Gasteiger partial charge in [0.25, 0.3) is 0 Å². The number of aromatic nitrogens is 2. The Morgan fingerprint density at radius 3 is 2.70 bits per heavy atom. The maximum absolute atomic E-state index is 13.1. The van der Waals surface area contributed by atoms with Gasteiger partial charge in [-0.15, -0.1) is 0 Å². The highest BCUT2D eigenvalue weighted by molar-refractivity contribution is 7.89. The van der Waals surface area contributed by atoms with Gasteiger partial charge in [-0.1, -0.05) is 6.07 Å². The number of nitrogens with zero attached hydrogens (tertiary/aromatic N) is 4. The zero-order chi connectivity index (χ0) is 20.7. The van der Waals surface area contributed by atoms with Crippen LogP contribution in [0.4, 0.5) is 0 Å². The lowest BCUT2D eigenvalue weighted by atomic mass is 10.2. The molecule has 0 radical (unpaired) electrons. The van der Waals surface area contributed by atoms with Gasteiger partial charge < -0.3 is 9.47 Å². The number of methoxy groups -OCH3 is 1. The fourth-order valence-corrected chi connectivity index (χ4v) is 5.83. The largest absolute Gasteiger partial charge is 0.497 e. The first-order valence-electron chi connectivity index (χ1n) is 10.4. The lowest BCUT2D eigenvalue weighted by molar-refractivity contribution is 0.151. The van der Waals surface area contributed by atoms with E-state index in [9.17, 15) is 8.42 Å². The van der Waals surface area contributed by atoms with Crippen LogP contribution in [-0.4, -0.2) is 73.0 Å². The summed E-state index contributed by atoms with van der Waals surface area (Å²) in [6, 6.07) is 6.79. The summed E-state index contributed by atoms with van der Waals surface area (Å²) in [5.41, 5.74) is 1.05. The summed E-state index contributed by atoms with van der Waals surface area (Å²) >= 11 is 0. The van der Waals surface area contributed by atoms with E-state index in [4.69, 9.17) is 9.47 Å². The van der Waals surface area contributed by atoms with Crippen molar-refractivity contribution in [3.05, 3.63) is 42.4 Å². The van der Waals surface area contributed by atoms with Crippen LogP contribution in [0.15, 0.2) is 41.6 Å². The second-order valence-electron chi connectivity index (χ2n) is 8.22. The number of fused-ring (bicyclic) bond motifs is 1. The van der Waals surface area contributed by atoms with Gasteiger partial charge in [0.2, 0.25) is 15.9 Å². The van der Waals surface area contributed by atoms with Gasteiger partial charge in [0.15, 0.2) is 0 Å². The fourth-order valence-electron chi connectivity index (χ4n) is 4.33. The molecule has 0 spiro atoms. The van der Waals surface area contributed by atoms with Crippen LogP contribution in [0, 0.1) is 0 Å². The highest BCUT2D eigenvalue weighted by Crippen LogP contribution is 2.38. The Labute approximate surface area is 176 Å². The lowest BCUT2D eigenvalue weighted by Crippen LogP contribution is -2.51. The van der Waals surface area contributed by atoms with Crippen molar-refractivity contribution in [2.24, 2.45) is 0 Å². The Hall–Kier alpha value is -2.23. The van der Waals surface area contributed by atoms with E-state index < -0.39 is 10.0 Å². The number of hydrogen-bond donors (Lipinski definition) is 0. The van der Waals surface area contributed by atoms with Gasteiger partial charge in [0.1, 0.15) is 11.9 Å². The molecule has 8 nitrogen and oxygen atoms in total. The molecular weight excluding hydrogens is 404 g/mol. The Bertz CT molecular complexity index is 1010. The average molecular weight is 431 g/mol. The Kier molecular flexibility index (Phi) is 5.12. The number of sulfonamides is 1. The van der Waals surface area contributed by atoms with Crippen LogP contribution in [0.1, 0.15) is 30.9 Å². The molecule has 160 valence electrons. The predicted octanol–water partition coefficient (Wildman–Crippen LogP) is 1.89. The third-order valence-corrected chi connectivity index (χ3v) is 8.01. The predicted molar refractivity (Wildman–Crippen MR) is 110 cm³/mol.